The number of benzene rings is 1. The van der Waals surface area contributed by atoms with Crippen LogP contribution in [-0.4, -0.2) is 13.7 Å². The first kappa shape index (κ1) is 16.5. The summed E-state index contributed by atoms with van der Waals surface area (Å²) >= 11 is 5.71. The molecule has 0 unspecified atom stereocenters. The van der Waals surface area contributed by atoms with E-state index >= 15 is 0 Å². The van der Waals surface area contributed by atoms with Gasteiger partial charge in [0.25, 0.3) is 0 Å². The van der Waals surface area contributed by atoms with Gasteiger partial charge in [-0.15, -0.1) is 0 Å². The van der Waals surface area contributed by atoms with E-state index in [9.17, 15) is 4.39 Å². The third-order valence-corrected chi connectivity index (χ3v) is 4.69. The highest BCUT2D eigenvalue weighted by atomic mass is 35.5. The maximum absolute atomic E-state index is 13.4. The predicted molar refractivity (Wildman–Crippen MR) is 86.2 cm³/mol. The van der Waals surface area contributed by atoms with Gasteiger partial charge in [-0.3, -0.25) is 0 Å². The zero-order valence-electron chi connectivity index (χ0n) is 12.7. The molecule has 0 atom stereocenters. The predicted octanol–water partition coefficient (Wildman–Crippen LogP) is 5.42. The van der Waals surface area contributed by atoms with Gasteiger partial charge in [-0.2, -0.15) is 0 Å². The molecule has 1 aliphatic carbocycles. The van der Waals surface area contributed by atoms with Gasteiger partial charge in [0.1, 0.15) is 5.82 Å². The SMILES string of the molecule is COCC=C[C@H]1CC[C@H](CCc2ccc(Cl)c(F)c2)CC1. The van der Waals surface area contributed by atoms with Crippen molar-refractivity contribution in [2.75, 3.05) is 13.7 Å². The first-order chi connectivity index (χ1) is 10.2. The average Bonchev–Trinajstić information content (AvgIpc) is 2.50. The van der Waals surface area contributed by atoms with Gasteiger partial charge in [0.15, 0.2) is 0 Å². The molecule has 0 aromatic heterocycles. The number of ether oxygens (including phenoxy) is 1. The van der Waals surface area contributed by atoms with Crippen LogP contribution in [-0.2, 0) is 11.2 Å². The Morgan fingerprint density at radius 2 is 2.05 bits per heavy atom. The summed E-state index contributed by atoms with van der Waals surface area (Å²) in [5.74, 6) is 1.18. The lowest BCUT2D eigenvalue weighted by Crippen LogP contribution is -2.14. The van der Waals surface area contributed by atoms with Gasteiger partial charge in [0.05, 0.1) is 11.6 Å². The van der Waals surface area contributed by atoms with E-state index in [1.54, 1.807) is 19.2 Å². The molecule has 1 nitrogen and oxygen atoms in total. The van der Waals surface area contributed by atoms with E-state index in [2.05, 4.69) is 12.2 Å². The highest BCUT2D eigenvalue weighted by molar-refractivity contribution is 6.30. The smallest absolute Gasteiger partial charge is 0.142 e. The van der Waals surface area contributed by atoms with Gasteiger partial charge in [-0.25, -0.2) is 4.39 Å². The molecule has 0 N–H and O–H groups in total. The molecule has 0 saturated heterocycles. The molecule has 1 fully saturated rings. The summed E-state index contributed by atoms with van der Waals surface area (Å²) < 4.78 is 18.4. The first-order valence-corrected chi connectivity index (χ1v) is 8.16. The normalized spacial score (nSPS) is 22.8. The molecule has 1 aromatic carbocycles. The van der Waals surface area contributed by atoms with Crippen molar-refractivity contribution in [1.29, 1.82) is 0 Å². The standard InChI is InChI=1S/C18H24ClFO/c1-21-12-2-3-14-4-6-15(7-5-14)8-9-16-10-11-17(19)18(20)13-16/h2-3,10-11,13-15H,4-9,12H2,1H3/t14-,15-. The Labute approximate surface area is 132 Å². The highest BCUT2D eigenvalue weighted by Gasteiger charge is 2.19. The Kier molecular flexibility index (Phi) is 6.72. The minimum Gasteiger partial charge on any atom is -0.381 e. The Morgan fingerprint density at radius 1 is 1.29 bits per heavy atom. The first-order valence-electron chi connectivity index (χ1n) is 7.78. The van der Waals surface area contributed by atoms with Crippen molar-refractivity contribution in [3.63, 3.8) is 0 Å². The molecular weight excluding hydrogens is 287 g/mol. The molecule has 116 valence electrons. The van der Waals surface area contributed by atoms with Crippen LogP contribution in [0.25, 0.3) is 0 Å². The minimum atomic E-state index is -0.304. The van der Waals surface area contributed by atoms with Crippen molar-refractivity contribution < 1.29 is 9.13 Å². The number of hydrogen-bond donors (Lipinski definition) is 0. The van der Waals surface area contributed by atoms with Crippen molar-refractivity contribution in [2.24, 2.45) is 11.8 Å². The van der Waals surface area contributed by atoms with Crippen LogP contribution in [0, 0.1) is 17.7 Å². The molecule has 0 bridgehead atoms. The van der Waals surface area contributed by atoms with Crippen molar-refractivity contribution in [3.05, 3.63) is 46.8 Å². The molecule has 1 saturated carbocycles. The van der Waals surface area contributed by atoms with Crippen LogP contribution in [0.1, 0.15) is 37.7 Å². The summed E-state index contributed by atoms with van der Waals surface area (Å²) in [5.41, 5.74) is 1.05. The maximum atomic E-state index is 13.4. The van der Waals surface area contributed by atoms with Crippen LogP contribution in [0.4, 0.5) is 4.39 Å². The van der Waals surface area contributed by atoms with Gasteiger partial charge in [0.2, 0.25) is 0 Å². The van der Waals surface area contributed by atoms with Crippen molar-refractivity contribution in [3.8, 4) is 0 Å². The van der Waals surface area contributed by atoms with Crippen LogP contribution in [0.5, 0.6) is 0 Å². The summed E-state index contributed by atoms with van der Waals surface area (Å²) in [6.07, 6.45) is 11.6. The fraction of sp³-hybridized carbons (Fsp3) is 0.556. The highest BCUT2D eigenvalue weighted by Crippen LogP contribution is 2.32. The van der Waals surface area contributed by atoms with Crippen LogP contribution >= 0.6 is 11.6 Å². The molecule has 0 amide bonds. The van der Waals surface area contributed by atoms with Gasteiger partial charge in [-0.05, 0) is 68.1 Å². The van der Waals surface area contributed by atoms with Gasteiger partial charge >= 0.3 is 0 Å². The fourth-order valence-corrected chi connectivity index (χ4v) is 3.20. The van der Waals surface area contributed by atoms with E-state index in [4.69, 9.17) is 16.3 Å². The van der Waals surface area contributed by atoms with Crippen LogP contribution in [0.3, 0.4) is 0 Å². The molecule has 1 aliphatic rings. The van der Waals surface area contributed by atoms with Crippen molar-refractivity contribution >= 4 is 11.6 Å². The molecule has 0 aliphatic heterocycles. The van der Waals surface area contributed by atoms with Crippen LogP contribution in [0.2, 0.25) is 5.02 Å². The summed E-state index contributed by atoms with van der Waals surface area (Å²) in [6.45, 7) is 0.710. The summed E-state index contributed by atoms with van der Waals surface area (Å²) in [7, 11) is 1.72. The Morgan fingerprint density at radius 3 is 2.71 bits per heavy atom. The molecule has 0 radical (unpaired) electrons. The Balaban J connectivity index is 1.72. The van der Waals surface area contributed by atoms with Crippen molar-refractivity contribution in [1.82, 2.24) is 0 Å². The monoisotopic (exact) mass is 310 g/mol. The summed E-state index contributed by atoms with van der Waals surface area (Å²) in [5, 5.41) is 0.210. The zero-order valence-corrected chi connectivity index (χ0v) is 13.4. The number of hydrogen-bond acceptors (Lipinski definition) is 1. The topological polar surface area (TPSA) is 9.23 Å². The second kappa shape index (κ2) is 8.55. The van der Waals surface area contributed by atoms with Crippen LogP contribution in [0.15, 0.2) is 30.4 Å². The van der Waals surface area contributed by atoms with E-state index in [1.807, 2.05) is 6.07 Å². The second-order valence-electron chi connectivity index (χ2n) is 5.95. The Bertz CT molecular complexity index is 464. The molecule has 21 heavy (non-hydrogen) atoms. The number of allylic oxidation sites excluding steroid dienone is 1. The number of methoxy groups -OCH3 is 1. The van der Waals surface area contributed by atoms with E-state index in [-0.39, 0.29) is 10.8 Å². The number of aryl methyl sites for hydroxylation is 1. The quantitative estimate of drug-likeness (QED) is 0.637. The van der Waals surface area contributed by atoms with E-state index in [0.717, 1.165) is 24.3 Å². The molecule has 0 heterocycles. The summed E-state index contributed by atoms with van der Waals surface area (Å²) in [4.78, 5) is 0. The summed E-state index contributed by atoms with van der Waals surface area (Å²) in [6, 6.07) is 5.16. The van der Waals surface area contributed by atoms with Crippen molar-refractivity contribution in [2.45, 2.75) is 38.5 Å². The lowest BCUT2D eigenvalue weighted by molar-refractivity contribution is 0.232. The third-order valence-electron chi connectivity index (χ3n) is 4.39. The maximum Gasteiger partial charge on any atom is 0.142 e. The van der Waals surface area contributed by atoms with Gasteiger partial charge in [0, 0.05) is 7.11 Å². The molecule has 0 spiro atoms. The second-order valence-corrected chi connectivity index (χ2v) is 6.36. The molecule has 2 rings (SSSR count). The number of halogens is 2. The zero-order chi connectivity index (χ0) is 15.1. The largest absolute Gasteiger partial charge is 0.381 e. The lowest BCUT2D eigenvalue weighted by atomic mass is 9.79. The van der Waals surface area contributed by atoms with Gasteiger partial charge in [-0.1, -0.05) is 29.8 Å². The fourth-order valence-electron chi connectivity index (χ4n) is 3.08. The van der Waals surface area contributed by atoms with Gasteiger partial charge < -0.3 is 4.74 Å². The molecule has 3 heteroatoms. The van der Waals surface area contributed by atoms with E-state index in [0.29, 0.717) is 12.5 Å². The molecule has 1 aromatic rings. The average molecular weight is 311 g/mol. The van der Waals surface area contributed by atoms with E-state index < -0.39 is 0 Å². The minimum absolute atomic E-state index is 0.210. The Hall–Kier alpha value is -0.860. The van der Waals surface area contributed by atoms with Crippen LogP contribution < -0.4 is 0 Å². The van der Waals surface area contributed by atoms with E-state index in [1.165, 1.54) is 25.7 Å². The third kappa shape index (κ3) is 5.44. The number of rotatable bonds is 6. The lowest BCUT2D eigenvalue weighted by Gasteiger charge is -2.26. The molecular formula is C18H24ClFO.